The predicted octanol–water partition coefficient (Wildman–Crippen LogP) is -0.347. The second-order valence-electron chi connectivity index (χ2n) is 1.83. The maximum absolute atomic E-state index is 10.7. The molecular formula is C4H9NO2S2. The van der Waals surface area contributed by atoms with Gasteiger partial charge in [0.15, 0.2) is 0 Å². The standard InChI is InChI=1S/C4H9NO2S2/c6-9(7)4-3-8-2-1-5-9/h5H,1-4H2. The molecule has 1 fully saturated rings. The minimum atomic E-state index is -2.89. The third kappa shape index (κ3) is 2.55. The summed E-state index contributed by atoms with van der Waals surface area (Å²) >= 11 is 1.68. The van der Waals surface area contributed by atoms with Crippen molar-refractivity contribution >= 4 is 21.8 Å². The number of sulfonamides is 1. The van der Waals surface area contributed by atoms with E-state index in [0.29, 0.717) is 6.54 Å². The summed E-state index contributed by atoms with van der Waals surface area (Å²) in [6.07, 6.45) is 0. The Morgan fingerprint density at radius 3 is 2.89 bits per heavy atom. The molecule has 3 nitrogen and oxygen atoms in total. The van der Waals surface area contributed by atoms with Crippen LogP contribution in [0.15, 0.2) is 0 Å². The number of rotatable bonds is 0. The van der Waals surface area contributed by atoms with Crippen LogP contribution in [0, 0.1) is 0 Å². The molecule has 9 heavy (non-hydrogen) atoms. The molecule has 54 valence electrons. The third-order valence-corrected chi connectivity index (χ3v) is 3.69. The number of thioether (sulfide) groups is 1. The first-order valence-corrected chi connectivity index (χ1v) is 5.56. The molecule has 0 bridgehead atoms. The Morgan fingerprint density at radius 2 is 2.11 bits per heavy atom. The summed E-state index contributed by atoms with van der Waals surface area (Å²) in [6.45, 7) is 0.590. The monoisotopic (exact) mass is 167 g/mol. The van der Waals surface area contributed by atoms with Crippen LogP contribution >= 0.6 is 11.8 Å². The van der Waals surface area contributed by atoms with Crippen molar-refractivity contribution < 1.29 is 8.42 Å². The highest BCUT2D eigenvalue weighted by molar-refractivity contribution is 8.00. The molecule has 0 aromatic carbocycles. The van der Waals surface area contributed by atoms with Crippen molar-refractivity contribution in [3.8, 4) is 0 Å². The van der Waals surface area contributed by atoms with E-state index in [1.54, 1.807) is 11.8 Å². The van der Waals surface area contributed by atoms with Gasteiger partial charge in [-0.05, 0) is 0 Å². The van der Waals surface area contributed by atoms with Crippen LogP contribution in [0.3, 0.4) is 0 Å². The maximum Gasteiger partial charge on any atom is 0.212 e. The molecule has 1 rings (SSSR count). The van der Waals surface area contributed by atoms with E-state index in [1.165, 1.54) is 0 Å². The first-order valence-electron chi connectivity index (χ1n) is 2.76. The molecule has 0 atom stereocenters. The van der Waals surface area contributed by atoms with Gasteiger partial charge in [0, 0.05) is 18.1 Å². The number of nitrogens with one attached hydrogen (secondary N) is 1. The fourth-order valence-corrected chi connectivity index (χ4v) is 3.10. The van der Waals surface area contributed by atoms with Crippen LogP contribution in [0.4, 0.5) is 0 Å². The van der Waals surface area contributed by atoms with E-state index in [2.05, 4.69) is 4.72 Å². The quantitative estimate of drug-likeness (QED) is 0.536. The molecule has 1 heterocycles. The molecule has 0 amide bonds. The Balaban J connectivity index is 2.56. The topological polar surface area (TPSA) is 46.2 Å². The van der Waals surface area contributed by atoms with Crippen molar-refractivity contribution in [2.45, 2.75) is 0 Å². The van der Waals surface area contributed by atoms with Crippen LogP contribution in [0.25, 0.3) is 0 Å². The van der Waals surface area contributed by atoms with Crippen molar-refractivity contribution in [2.75, 3.05) is 23.8 Å². The van der Waals surface area contributed by atoms with E-state index in [4.69, 9.17) is 0 Å². The third-order valence-electron chi connectivity index (χ3n) is 1.06. The predicted molar refractivity (Wildman–Crippen MR) is 39.1 cm³/mol. The molecule has 0 radical (unpaired) electrons. The summed E-state index contributed by atoms with van der Waals surface area (Å²) < 4.78 is 24.0. The molecular weight excluding hydrogens is 158 g/mol. The lowest BCUT2D eigenvalue weighted by Gasteiger charge is -1.96. The first-order chi connectivity index (χ1) is 4.21. The van der Waals surface area contributed by atoms with Gasteiger partial charge in [-0.15, -0.1) is 0 Å². The van der Waals surface area contributed by atoms with Crippen molar-refractivity contribution in [1.82, 2.24) is 4.72 Å². The summed E-state index contributed by atoms with van der Waals surface area (Å²) in [5.41, 5.74) is 0. The van der Waals surface area contributed by atoms with E-state index in [9.17, 15) is 8.42 Å². The van der Waals surface area contributed by atoms with Gasteiger partial charge in [0.1, 0.15) is 0 Å². The molecule has 5 heteroatoms. The fourth-order valence-electron chi connectivity index (χ4n) is 0.612. The largest absolute Gasteiger partial charge is 0.214 e. The zero-order valence-corrected chi connectivity index (χ0v) is 6.59. The minimum absolute atomic E-state index is 0.275. The maximum atomic E-state index is 10.7. The zero-order chi connectivity index (χ0) is 6.74. The second-order valence-corrected chi connectivity index (χ2v) is 4.98. The molecule has 1 N–H and O–H groups in total. The van der Waals surface area contributed by atoms with Crippen LogP contribution < -0.4 is 4.72 Å². The van der Waals surface area contributed by atoms with Gasteiger partial charge in [-0.3, -0.25) is 0 Å². The molecule has 0 aromatic heterocycles. The van der Waals surface area contributed by atoms with Crippen LogP contribution in [0.2, 0.25) is 0 Å². The van der Waals surface area contributed by atoms with E-state index < -0.39 is 10.0 Å². The SMILES string of the molecule is O=S1(=O)CCSCCN1. The molecule has 0 aliphatic carbocycles. The molecule has 1 aliphatic heterocycles. The van der Waals surface area contributed by atoms with Crippen molar-refractivity contribution in [2.24, 2.45) is 0 Å². The highest BCUT2D eigenvalue weighted by Crippen LogP contribution is 2.03. The van der Waals surface area contributed by atoms with Gasteiger partial charge in [-0.1, -0.05) is 0 Å². The van der Waals surface area contributed by atoms with Crippen LogP contribution in [-0.2, 0) is 10.0 Å². The lowest BCUT2D eigenvalue weighted by molar-refractivity contribution is 0.586. The molecule has 0 spiro atoms. The van der Waals surface area contributed by atoms with Crippen molar-refractivity contribution in [3.63, 3.8) is 0 Å². The van der Waals surface area contributed by atoms with Crippen molar-refractivity contribution in [1.29, 1.82) is 0 Å². The van der Waals surface area contributed by atoms with Crippen LogP contribution in [-0.4, -0.2) is 32.2 Å². The van der Waals surface area contributed by atoms with Gasteiger partial charge >= 0.3 is 0 Å². The Bertz CT molecular complexity index is 161. The van der Waals surface area contributed by atoms with Gasteiger partial charge in [0.2, 0.25) is 10.0 Å². The van der Waals surface area contributed by atoms with E-state index in [0.717, 1.165) is 11.5 Å². The highest BCUT2D eigenvalue weighted by atomic mass is 32.2. The zero-order valence-electron chi connectivity index (χ0n) is 4.96. The van der Waals surface area contributed by atoms with Crippen LogP contribution in [0.5, 0.6) is 0 Å². The fraction of sp³-hybridized carbons (Fsp3) is 1.00. The number of hydrogen-bond donors (Lipinski definition) is 1. The van der Waals surface area contributed by atoms with Crippen LogP contribution in [0.1, 0.15) is 0 Å². The average Bonchev–Trinajstić information content (AvgIpc) is 1.92. The lowest BCUT2D eigenvalue weighted by Crippen LogP contribution is -2.26. The van der Waals surface area contributed by atoms with Gasteiger partial charge < -0.3 is 0 Å². The summed E-state index contributed by atoms with van der Waals surface area (Å²) in [5, 5.41) is 0. The molecule has 0 saturated carbocycles. The van der Waals surface area contributed by atoms with E-state index in [1.807, 2.05) is 0 Å². The summed E-state index contributed by atoms with van der Waals surface area (Å²) in [5.74, 6) is 1.91. The molecule has 1 aliphatic rings. The minimum Gasteiger partial charge on any atom is -0.214 e. The smallest absolute Gasteiger partial charge is 0.212 e. The Labute approximate surface area is 59.3 Å². The number of hydrogen-bond acceptors (Lipinski definition) is 3. The second kappa shape index (κ2) is 2.90. The van der Waals surface area contributed by atoms with Gasteiger partial charge in [0.25, 0.3) is 0 Å². The van der Waals surface area contributed by atoms with Gasteiger partial charge in [-0.2, -0.15) is 11.8 Å². The van der Waals surface area contributed by atoms with Crippen molar-refractivity contribution in [3.05, 3.63) is 0 Å². The summed E-state index contributed by atoms with van der Waals surface area (Å²) in [4.78, 5) is 0. The highest BCUT2D eigenvalue weighted by Gasteiger charge is 2.11. The summed E-state index contributed by atoms with van der Waals surface area (Å²) in [7, 11) is -2.89. The summed E-state index contributed by atoms with van der Waals surface area (Å²) in [6, 6.07) is 0. The first kappa shape index (κ1) is 7.37. The Hall–Kier alpha value is 0.260. The van der Waals surface area contributed by atoms with E-state index in [-0.39, 0.29) is 5.75 Å². The average molecular weight is 167 g/mol. The Kier molecular flexibility index (Phi) is 2.37. The normalized spacial score (nSPS) is 27.1. The lowest BCUT2D eigenvalue weighted by atomic mass is 10.8. The van der Waals surface area contributed by atoms with E-state index >= 15 is 0 Å². The molecule has 0 unspecified atom stereocenters. The Morgan fingerprint density at radius 1 is 1.33 bits per heavy atom. The van der Waals surface area contributed by atoms with Gasteiger partial charge in [0.05, 0.1) is 5.75 Å². The molecule has 1 saturated heterocycles. The molecule has 0 aromatic rings. The van der Waals surface area contributed by atoms with Gasteiger partial charge in [-0.25, -0.2) is 13.1 Å².